The van der Waals surface area contributed by atoms with Crippen molar-refractivity contribution in [2.45, 2.75) is 19.6 Å². The summed E-state index contributed by atoms with van der Waals surface area (Å²) in [5.74, 6) is 0.0507. The van der Waals surface area contributed by atoms with Crippen molar-refractivity contribution in [3.63, 3.8) is 0 Å². The molecule has 1 heterocycles. The van der Waals surface area contributed by atoms with E-state index in [4.69, 9.17) is 5.73 Å². The summed E-state index contributed by atoms with van der Waals surface area (Å²) in [6.07, 6.45) is -3.36. The van der Waals surface area contributed by atoms with Crippen molar-refractivity contribution < 1.29 is 13.2 Å². The summed E-state index contributed by atoms with van der Waals surface area (Å²) in [7, 11) is 0. The van der Waals surface area contributed by atoms with Crippen molar-refractivity contribution in [3.05, 3.63) is 47.8 Å². The molecule has 0 aliphatic carbocycles. The second-order valence-electron chi connectivity index (χ2n) is 4.50. The third-order valence-electron chi connectivity index (χ3n) is 2.92. The SMILES string of the molecule is CCN(Cc1cccc(N)c1)c1nccc(C(F)(F)F)n1. The van der Waals surface area contributed by atoms with E-state index in [9.17, 15) is 13.2 Å². The highest BCUT2D eigenvalue weighted by Gasteiger charge is 2.33. The fraction of sp³-hybridized carbons (Fsp3) is 0.286. The van der Waals surface area contributed by atoms with Crippen LogP contribution in [-0.2, 0) is 12.7 Å². The lowest BCUT2D eigenvalue weighted by atomic mass is 10.2. The van der Waals surface area contributed by atoms with Gasteiger partial charge in [-0.2, -0.15) is 13.2 Å². The summed E-state index contributed by atoms with van der Waals surface area (Å²) in [5.41, 5.74) is 6.24. The van der Waals surface area contributed by atoms with E-state index in [0.29, 0.717) is 18.8 Å². The van der Waals surface area contributed by atoms with Crippen LogP contribution in [0.15, 0.2) is 36.5 Å². The highest BCUT2D eigenvalue weighted by Crippen LogP contribution is 2.28. The quantitative estimate of drug-likeness (QED) is 0.881. The normalized spacial score (nSPS) is 11.4. The van der Waals surface area contributed by atoms with Crippen molar-refractivity contribution in [2.75, 3.05) is 17.2 Å². The molecule has 2 N–H and O–H groups in total. The van der Waals surface area contributed by atoms with Crippen molar-refractivity contribution >= 4 is 11.6 Å². The van der Waals surface area contributed by atoms with Crippen LogP contribution >= 0.6 is 0 Å². The Morgan fingerprint density at radius 3 is 2.62 bits per heavy atom. The fourth-order valence-electron chi connectivity index (χ4n) is 1.89. The van der Waals surface area contributed by atoms with Crippen LogP contribution in [0.3, 0.4) is 0 Å². The maximum atomic E-state index is 12.7. The van der Waals surface area contributed by atoms with Gasteiger partial charge in [0.15, 0.2) is 0 Å². The lowest BCUT2D eigenvalue weighted by Gasteiger charge is -2.21. The van der Waals surface area contributed by atoms with E-state index in [-0.39, 0.29) is 5.95 Å². The molecule has 0 saturated carbocycles. The summed E-state index contributed by atoms with van der Waals surface area (Å²) >= 11 is 0. The van der Waals surface area contributed by atoms with Crippen LogP contribution in [0.4, 0.5) is 24.8 Å². The summed E-state index contributed by atoms with van der Waals surface area (Å²) in [5, 5.41) is 0. The second-order valence-corrected chi connectivity index (χ2v) is 4.50. The van der Waals surface area contributed by atoms with Crippen LogP contribution in [0.25, 0.3) is 0 Å². The fourth-order valence-corrected chi connectivity index (χ4v) is 1.89. The number of nitrogen functional groups attached to an aromatic ring is 1. The molecule has 0 atom stereocenters. The Morgan fingerprint density at radius 2 is 2.00 bits per heavy atom. The molecule has 0 aliphatic rings. The second kappa shape index (κ2) is 5.99. The van der Waals surface area contributed by atoms with Crippen LogP contribution in [0.1, 0.15) is 18.2 Å². The van der Waals surface area contributed by atoms with Gasteiger partial charge in [-0.15, -0.1) is 0 Å². The van der Waals surface area contributed by atoms with Gasteiger partial charge in [0.1, 0.15) is 5.69 Å². The number of alkyl halides is 3. The van der Waals surface area contributed by atoms with Crippen LogP contribution in [0.5, 0.6) is 0 Å². The molecular formula is C14H15F3N4. The first kappa shape index (κ1) is 15.1. The third-order valence-corrected chi connectivity index (χ3v) is 2.92. The first-order valence-electron chi connectivity index (χ1n) is 6.39. The zero-order valence-corrected chi connectivity index (χ0v) is 11.4. The molecular weight excluding hydrogens is 281 g/mol. The van der Waals surface area contributed by atoms with Gasteiger partial charge in [-0.05, 0) is 30.7 Å². The number of nitrogens with two attached hydrogens (primary N) is 1. The largest absolute Gasteiger partial charge is 0.433 e. The Hall–Kier alpha value is -2.31. The van der Waals surface area contributed by atoms with Gasteiger partial charge in [0.05, 0.1) is 0 Å². The minimum atomic E-state index is -4.48. The summed E-state index contributed by atoms with van der Waals surface area (Å²) in [4.78, 5) is 9.18. The van der Waals surface area contributed by atoms with Gasteiger partial charge in [-0.1, -0.05) is 12.1 Å². The molecule has 1 aromatic heterocycles. The van der Waals surface area contributed by atoms with Gasteiger partial charge in [0.25, 0.3) is 0 Å². The molecule has 2 rings (SSSR count). The molecule has 21 heavy (non-hydrogen) atoms. The van der Waals surface area contributed by atoms with E-state index >= 15 is 0 Å². The molecule has 0 unspecified atom stereocenters. The van der Waals surface area contributed by atoms with Crippen molar-refractivity contribution in [1.29, 1.82) is 0 Å². The number of aromatic nitrogens is 2. The highest BCUT2D eigenvalue weighted by atomic mass is 19.4. The first-order chi connectivity index (χ1) is 9.90. The van der Waals surface area contributed by atoms with E-state index < -0.39 is 11.9 Å². The van der Waals surface area contributed by atoms with Crippen LogP contribution in [0.2, 0.25) is 0 Å². The molecule has 0 spiro atoms. The molecule has 0 saturated heterocycles. The molecule has 2 aromatic rings. The molecule has 4 nitrogen and oxygen atoms in total. The maximum absolute atomic E-state index is 12.7. The van der Waals surface area contributed by atoms with Gasteiger partial charge < -0.3 is 10.6 Å². The minimum Gasteiger partial charge on any atom is -0.399 e. The summed E-state index contributed by atoms with van der Waals surface area (Å²) in [6.45, 7) is 2.70. The number of hydrogen-bond acceptors (Lipinski definition) is 4. The molecule has 0 fully saturated rings. The maximum Gasteiger partial charge on any atom is 0.433 e. The predicted octanol–water partition coefficient (Wildman–Crippen LogP) is 3.10. The summed E-state index contributed by atoms with van der Waals surface area (Å²) < 4.78 is 38.1. The predicted molar refractivity (Wildman–Crippen MR) is 74.6 cm³/mol. The Balaban J connectivity index is 2.25. The number of hydrogen-bond donors (Lipinski definition) is 1. The van der Waals surface area contributed by atoms with Crippen LogP contribution in [-0.4, -0.2) is 16.5 Å². The number of anilines is 2. The number of rotatable bonds is 4. The monoisotopic (exact) mass is 296 g/mol. The zero-order valence-electron chi connectivity index (χ0n) is 11.4. The Kier molecular flexibility index (Phi) is 4.30. The third kappa shape index (κ3) is 3.84. The smallest absolute Gasteiger partial charge is 0.399 e. The van der Waals surface area contributed by atoms with E-state index in [1.165, 1.54) is 0 Å². The van der Waals surface area contributed by atoms with E-state index in [2.05, 4.69) is 9.97 Å². The standard InChI is InChI=1S/C14H15F3N4/c1-2-21(9-10-4-3-5-11(18)8-10)13-19-7-6-12(20-13)14(15,16)17/h3-8H,2,9,18H2,1H3. The Morgan fingerprint density at radius 1 is 1.24 bits per heavy atom. The van der Waals surface area contributed by atoms with Gasteiger partial charge in [0.2, 0.25) is 5.95 Å². The Labute approximate surface area is 120 Å². The molecule has 1 aromatic carbocycles. The molecule has 0 aliphatic heterocycles. The number of nitrogens with zero attached hydrogens (tertiary/aromatic N) is 3. The van der Waals surface area contributed by atoms with Crippen molar-refractivity contribution in [3.8, 4) is 0 Å². The number of halogens is 3. The number of benzene rings is 1. The van der Waals surface area contributed by atoms with Gasteiger partial charge >= 0.3 is 6.18 Å². The van der Waals surface area contributed by atoms with Crippen LogP contribution in [0, 0.1) is 0 Å². The first-order valence-corrected chi connectivity index (χ1v) is 6.39. The minimum absolute atomic E-state index is 0.0507. The van der Waals surface area contributed by atoms with Gasteiger partial charge in [0, 0.05) is 25.0 Å². The summed E-state index contributed by atoms with van der Waals surface area (Å²) in [6, 6.07) is 8.03. The molecule has 7 heteroatoms. The van der Waals surface area contributed by atoms with Crippen molar-refractivity contribution in [1.82, 2.24) is 9.97 Å². The zero-order chi connectivity index (χ0) is 15.5. The average Bonchev–Trinajstić information content (AvgIpc) is 2.44. The lowest BCUT2D eigenvalue weighted by molar-refractivity contribution is -0.141. The van der Waals surface area contributed by atoms with E-state index in [0.717, 1.165) is 17.8 Å². The van der Waals surface area contributed by atoms with Gasteiger partial charge in [-0.3, -0.25) is 0 Å². The topological polar surface area (TPSA) is 55.0 Å². The average molecular weight is 296 g/mol. The van der Waals surface area contributed by atoms with E-state index in [1.807, 2.05) is 13.0 Å². The lowest BCUT2D eigenvalue weighted by Crippen LogP contribution is -2.25. The molecule has 0 bridgehead atoms. The Bertz CT molecular complexity index is 613. The van der Waals surface area contributed by atoms with Gasteiger partial charge in [-0.25, -0.2) is 9.97 Å². The van der Waals surface area contributed by atoms with Crippen LogP contribution < -0.4 is 10.6 Å². The molecule has 0 radical (unpaired) electrons. The van der Waals surface area contributed by atoms with E-state index in [1.54, 1.807) is 23.1 Å². The highest BCUT2D eigenvalue weighted by molar-refractivity contribution is 5.42. The van der Waals surface area contributed by atoms with Crippen molar-refractivity contribution in [2.24, 2.45) is 0 Å². The molecule has 112 valence electrons. The molecule has 0 amide bonds.